The molecule has 6 nitrogen and oxygen atoms in total. The first-order valence-electron chi connectivity index (χ1n) is 6.80. The highest BCUT2D eigenvalue weighted by molar-refractivity contribution is 5.98. The number of hydrogen-bond acceptors (Lipinski definition) is 4. The van der Waals surface area contributed by atoms with Gasteiger partial charge in [-0.25, -0.2) is 4.39 Å². The molecule has 0 saturated heterocycles. The molecule has 0 atom stereocenters. The quantitative estimate of drug-likeness (QED) is 0.816. The topological polar surface area (TPSA) is 92.9 Å². The fraction of sp³-hybridized carbons (Fsp3) is 0.333. The Kier molecular flexibility index (Phi) is 5.11. The van der Waals surface area contributed by atoms with Crippen LogP contribution in [0.4, 0.5) is 4.39 Å². The minimum Gasteiger partial charge on any atom is -0.489 e. The zero-order chi connectivity index (χ0) is 16.1. The lowest BCUT2D eigenvalue weighted by atomic mass is 9.98. The van der Waals surface area contributed by atoms with Gasteiger partial charge in [0.25, 0.3) is 5.91 Å². The molecule has 0 saturated carbocycles. The van der Waals surface area contributed by atoms with Crippen molar-refractivity contribution >= 4 is 11.9 Å². The van der Waals surface area contributed by atoms with Crippen molar-refractivity contribution in [1.82, 2.24) is 4.90 Å². The molecule has 3 N–H and O–H groups in total. The summed E-state index contributed by atoms with van der Waals surface area (Å²) >= 11 is 0. The van der Waals surface area contributed by atoms with Gasteiger partial charge in [-0.2, -0.15) is 0 Å². The predicted molar refractivity (Wildman–Crippen MR) is 77.4 cm³/mol. The number of rotatable bonds is 6. The number of hydrogen-bond donors (Lipinski definition) is 2. The number of carbonyl (C=O) groups excluding carboxylic acids is 1. The van der Waals surface area contributed by atoms with Gasteiger partial charge in [0.15, 0.2) is 0 Å². The molecule has 1 aromatic rings. The molecule has 0 fully saturated rings. The molecule has 1 heterocycles. The average molecular weight is 308 g/mol. The van der Waals surface area contributed by atoms with Crippen LogP contribution in [0.5, 0.6) is 5.75 Å². The molecule has 1 amide bonds. The zero-order valence-corrected chi connectivity index (χ0v) is 11.9. The van der Waals surface area contributed by atoms with E-state index in [4.69, 9.17) is 15.6 Å². The fourth-order valence-electron chi connectivity index (χ4n) is 2.21. The van der Waals surface area contributed by atoms with E-state index in [1.165, 1.54) is 4.90 Å². The van der Waals surface area contributed by atoms with E-state index in [9.17, 15) is 14.0 Å². The second kappa shape index (κ2) is 7.04. The Morgan fingerprint density at radius 2 is 2.27 bits per heavy atom. The van der Waals surface area contributed by atoms with Crippen molar-refractivity contribution < 1.29 is 23.8 Å². The molecule has 2 rings (SSSR count). The normalized spacial score (nSPS) is 14.7. The summed E-state index contributed by atoms with van der Waals surface area (Å²) in [4.78, 5) is 24.3. The number of fused-ring (bicyclic) bond motifs is 1. The molecule has 7 heteroatoms. The van der Waals surface area contributed by atoms with Gasteiger partial charge in [0.2, 0.25) is 0 Å². The summed E-state index contributed by atoms with van der Waals surface area (Å²) in [6.07, 6.45) is 0.991. The second-order valence-electron chi connectivity index (χ2n) is 4.95. The SMILES string of the molecule is NC/C(=C\F)COc1ccc2c(c1)C(=O)N(CC(=O)O)CC2. The number of carboxylic acids is 1. The lowest BCUT2D eigenvalue weighted by molar-refractivity contribution is -0.137. The minimum absolute atomic E-state index is 0.00117. The van der Waals surface area contributed by atoms with Gasteiger partial charge in [0.05, 0.1) is 6.33 Å². The third-order valence-electron chi connectivity index (χ3n) is 3.42. The zero-order valence-electron chi connectivity index (χ0n) is 11.9. The van der Waals surface area contributed by atoms with Crippen LogP contribution < -0.4 is 10.5 Å². The van der Waals surface area contributed by atoms with E-state index in [2.05, 4.69) is 0 Å². The fourth-order valence-corrected chi connectivity index (χ4v) is 2.21. The van der Waals surface area contributed by atoms with Gasteiger partial charge in [0, 0.05) is 24.2 Å². The standard InChI is InChI=1S/C15H17FN2O4/c16-6-10(7-17)9-22-12-2-1-11-3-4-18(8-14(19)20)15(21)13(11)5-12/h1-2,5-6H,3-4,7-9,17H2,(H,19,20)/b10-6+. The van der Waals surface area contributed by atoms with Crippen LogP contribution in [-0.4, -0.2) is 48.1 Å². The van der Waals surface area contributed by atoms with Crippen LogP contribution >= 0.6 is 0 Å². The maximum absolute atomic E-state index is 12.4. The Morgan fingerprint density at radius 3 is 2.91 bits per heavy atom. The number of aliphatic carboxylic acids is 1. The van der Waals surface area contributed by atoms with Crippen molar-refractivity contribution in [3.05, 3.63) is 41.2 Å². The van der Waals surface area contributed by atoms with Crippen molar-refractivity contribution in [2.24, 2.45) is 5.73 Å². The monoisotopic (exact) mass is 308 g/mol. The van der Waals surface area contributed by atoms with Gasteiger partial charge in [0.1, 0.15) is 18.9 Å². The first-order valence-corrected chi connectivity index (χ1v) is 6.80. The smallest absolute Gasteiger partial charge is 0.323 e. The van der Waals surface area contributed by atoms with Crippen molar-refractivity contribution in [3.63, 3.8) is 0 Å². The van der Waals surface area contributed by atoms with Crippen LogP contribution in [0.25, 0.3) is 0 Å². The van der Waals surface area contributed by atoms with E-state index in [0.29, 0.717) is 36.2 Å². The third kappa shape index (κ3) is 3.62. The molecule has 0 spiro atoms. The van der Waals surface area contributed by atoms with Gasteiger partial charge < -0.3 is 20.5 Å². The summed E-state index contributed by atoms with van der Waals surface area (Å²) in [6.45, 7) is 0.0943. The van der Waals surface area contributed by atoms with Crippen LogP contribution in [0.15, 0.2) is 30.1 Å². The van der Waals surface area contributed by atoms with Crippen molar-refractivity contribution in [1.29, 1.82) is 0 Å². The Labute approximate surface area is 127 Å². The van der Waals surface area contributed by atoms with Crippen LogP contribution in [0.3, 0.4) is 0 Å². The molecule has 0 aromatic heterocycles. The van der Waals surface area contributed by atoms with E-state index in [0.717, 1.165) is 5.56 Å². The highest BCUT2D eigenvalue weighted by Gasteiger charge is 2.26. The number of nitrogens with two attached hydrogens (primary N) is 1. The van der Waals surface area contributed by atoms with E-state index in [1.54, 1.807) is 18.2 Å². The number of halogens is 1. The minimum atomic E-state index is -1.05. The van der Waals surface area contributed by atoms with Gasteiger partial charge in [-0.1, -0.05) is 6.07 Å². The second-order valence-corrected chi connectivity index (χ2v) is 4.95. The highest BCUT2D eigenvalue weighted by atomic mass is 19.1. The van der Waals surface area contributed by atoms with Gasteiger partial charge in [-0.3, -0.25) is 9.59 Å². The molecule has 118 valence electrons. The maximum Gasteiger partial charge on any atom is 0.323 e. The summed E-state index contributed by atoms with van der Waals surface area (Å²) < 4.78 is 17.8. The molecular formula is C15H17FN2O4. The van der Waals surface area contributed by atoms with Crippen LogP contribution in [0, 0.1) is 0 Å². The maximum atomic E-state index is 12.4. The average Bonchev–Trinajstić information content (AvgIpc) is 2.51. The lowest BCUT2D eigenvalue weighted by Gasteiger charge is -2.27. The summed E-state index contributed by atoms with van der Waals surface area (Å²) in [5, 5.41) is 8.81. The molecule has 0 bridgehead atoms. The number of benzene rings is 1. The molecule has 22 heavy (non-hydrogen) atoms. The number of nitrogens with zero attached hydrogens (tertiary/aromatic N) is 1. The first kappa shape index (κ1) is 16.0. The number of carboxylic acid groups (broad SMARTS) is 1. The summed E-state index contributed by atoms with van der Waals surface area (Å²) in [5.41, 5.74) is 6.91. The van der Waals surface area contributed by atoms with Gasteiger partial charge in [-0.15, -0.1) is 0 Å². The van der Waals surface area contributed by atoms with E-state index in [-0.39, 0.29) is 25.6 Å². The van der Waals surface area contributed by atoms with Crippen molar-refractivity contribution in [3.8, 4) is 5.75 Å². The molecular weight excluding hydrogens is 291 g/mol. The summed E-state index contributed by atoms with van der Waals surface area (Å²) in [5.74, 6) is -0.976. The largest absolute Gasteiger partial charge is 0.489 e. The molecule has 1 aliphatic heterocycles. The predicted octanol–water partition coefficient (Wildman–Crippen LogP) is 0.960. The van der Waals surface area contributed by atoms with E-state index >= 15 is 0 Å². The van der Waals surface area contributed by atoms with E-state index < -0.39 is 5.97 Å². The van der Waals surface area contributed by atoms with Crippen molar-refractivity contribution in [2.45, 2.75) is 6.42 Å². The highest BCUT2D eigenvalue weighted by Crippen LogP contribution is 2.24. The van der Waals surface area contributed by atoms with Crippen LogP contribution in [-0.2, 0) is 11.2 Å². The van der Waals surface area contributed by atoms with E-state index in [1.807, 2.05) is 0 Å². The Morgan fingerprint density at radius 1 is 1.50 bits per heavy atom. The lowest BCUT2D eigenvalue weighted by Crippen LogP contribution is -2.40. The number of carbonyl (C=O) groups is 2. The van der Waals surface area contributed by atoms with Crippen LogP contribution in [0.1, 0.15) is 15.9 Å². The van der Waals surface area contributed by atoms with Crippen molar-refractivity contribution in [2.75, 3.05) is 26.2 Å². The molecule has 0 aliphatic carbocycles. The Bertz CT molecular complexity index is 616. The summed E-state index contributed by atoms with van der Waals surface area (Å²) in [7, 11) is 0. The molecule has 0 radical (unpaired) electrons. The van der Waals surface area contributed by atoms with Gasteiger partial charge >= 0.3 is 5.97 Å². The number of ether oxygens (including phenoxy) is 1. The first-order chi connectivity index (χ1) is 10.5. The van der Waals surface area contributed by atoms with Crippen LogP contribution in [0.2, 0.25) is 0 Å². The molecule has 1 aliphatic rings. The molecule has 1 aromatic carbocycles. The third-order valence-corrected chi connectivity index (χ3v) is 3.42. The Balaban J connectivity index is 2.14. The number of amides is 1. The molecule has 0 unspecified atom stereocenters. The Hall–Kier alpha value is -2.41. The summed E-state index contributed by atoms with van der Waals surface area (Å²) in [6, 6.07) is 5.02. The van der Waals surface area contributed by atoms with Gasteiger partial charge in [-0.05, 0) is 24.1 Å².